The van der Waals surface area contributed by atoms with Crippen molar-refractivity contribution in [1.29, 1.82) is 0 Å². The fraction of sp³-hybridized carbons (Fsp3) is 0.143. The first-order valence-corrected chi connectivity index (χ1v) is 10.1. The van der Waals surface area contributed by atoms with Crippen molar-refractivity contribution >= 4 is 46.3 Å². The highest BCUT2D eigenvalue weighted by molar-refractivity contribution is 7.10. The Morgan fingerprint density at radius 1 is 1.04 bits per heavy atom. The first-order valence-electron chi connectivity index (χ1n) is 8.51. The maximum Gasteiger partial charge on any atom is 0.321 e. The Morgan fingerprint density at radius 3 is 2.39 bits per heavy atom. The molecule has 0 saturated carbocycles. The molecule has 4 nitrogen and oxygen atoms in total. The number of hydrogen-bond donors (Lipinski definition) is 2. The zero-order chi connectivity index (χ0) is 20.1. The molecule has 0 amide bonds. The normalized spacial score (nSPS) is 13.1. The molecule has 1 heterocycles. The van der Waals surface area contributed by atoms with Gasteiger partial charge in [0.1, 0.15) is 12.1 Å². The average molecular weight is 434 g/mol. The van der Waals surface area contributed by atoms with Crippen molar-refractivity contribution < 1.29 is 14.7 Å². The predicted octanol–water partition coefficient (Wildman–Crippen LogP) is 5.26. The number of hydrogen-bond acceptors (Lipinski definition) is 4. The molecule has 2 N–H and O–H groups in total. The van der Waals surface area contributed by atoms with Crippen LogP contribution in [0.1, 0.15) is 26.8 Å². The molecule has 0 aliphatic rings. The van der Waals surface area contributed by atoms with Crippen LogP contribution in [0.2, 0.25) is 10.0 Å². The minimum Gasteiger partial charge on any atom is -0.480 e. The summed E-state index contributed by atoms with van der Waals surface area (Å²) >= 11 is 13.5. The quantitative estimate of drug-likeness (QED) is 0.475. The van der Waals surface area contributed by atoms with Crippen LogP contribution in [-0.4, -0.2) is 22.9 Å². The Labute approximate surface area is 176 Å². The molecule has 1 unspecified atom stereocenters. The van der Waals surface area contributed by atoms with E-state index in [9.17, 15) is 14.7 Å². The van der Waals surface area contributed by atoms with Gasteiger partial charge in [-0.15, -0.1) is 11.3 Å². The standard InChI is InChI=1S/C21H17Cl2NO3S/c22-14-8-9-15(16(23)12-14)20(25)19(18-7-4-10-28-18)24-17(21(26)27)11-13-5-2-1-3-6-13/h1-10,12,17,19,24H,11H2,(H,26,27)/t17-,19?/m0/s1. The summed E-state index contributed by atoms with van der Waals surface area (Å²) in [6.07, 6.45) is 0.250. The van der Waals surface area contributed by atoms with Crippen LogP contribution in [0.4, 0.5) is 0 Å². The molecule has 28 heavy (non-hydrogen) atoms. The number of rotatable bonds is 8. The number of carbonyl (C=O) groups excluding carboxylic acids is 1. The maximum atomic E-state index is 13.2. The van der Waals surface area contributed by atoms with Gasteiger partial charge in [0.15, 0.2) is 5.78 Å². The molecule has 7 heteroatoms. The highest BCUT2D eigenvalue weighted by Crippen LogP contribution is 2.29. The molecule has 1 aromatic heterocycles. The summed E-state index contributed by atoms with van der Waals surface area (Å²) < 4.78 is 0. The Kier molecular flexibility index (Phi) is 6.86. The third kappa shape index (κ3) is 5.00. The number of aliphatic carboxylic acids is 1. The van der Waals surface area contributed by atoms with Crippen molar-refractivity contribution in [2.45, 2.75) is 18.5 Å². The Balaban J connectivity index is 1.91. The molecule has 144 valence electrons. The van der Waals surface area contributed by atoms with Crippen LogP contribution in [-0.2, 0) is 11.2 Å². The molecule has 0 bridgehead atoms. The van der Waals surface area contributed by atoms with Crippen molar-refractivity contribution in [2.24, 2.45) is 0 Å². The van der Waals surface area contributed by atoms with Crippen molar-refractivity contribution in [3.05, 3.63) is 92.1 Å². The molecule has 0 fully saturated rings. The van der Waals surface area contributed by atoms with E-state index in [1.54, 1.807) is 18.2 Å². The van der Waals surface area contributed by atoms with Crippen molar-refractivity contribution in [1.82, 2.24) is 5.32 Å². The maximum absolute atomic E-state index is 13.2. The van der Waals surface area contributed by atoms with Gasteiger partial charge in [0, 0.05) is 15.5 Å². The molecule has 2 atom stereocenters. The monoisotopic (exact) mass is 433 g/mol. The zero-order valence-corrected chi connectivity index (χ0v) is 17.0. The lowest BCUT2D eigenvalue weighted by Gasteiger charge is -2.22. The molecule has 0 aliphatic heterocycles. The van der Waals surface area contributed by atoms with E-state index >= 15 is 0 Å². The van der Waals surface area contributed by atoms with Gasteiger partial charge in [0.25, 0.3) is 0 Å². The first kappa shape index (κ1) is 20.6. The molecule has 0 saturated heterocycles. The van der Waals surface area contributed by atoms with Gasteiger partial charge in [-0.1, -0.05) is 59.6 Å². The topological polar surface area (TPSA) is 66.4 Å². The number of thiophene rings is 1. The van der Waals surface area contributed by atoms with Crippen LogP contribution in [0.3, 0.4) is 0 Å². The smallest absolute Gasteiger partial charge is 0.321 e. The van der Waals surface area contributed by atoms with Gasteiger partial charge in [0.05, 0.1) is 5.02 Å². The summed E-state index contributed by atoms with van der Waals surface area (Å²) in [6, 6.07) is 15.8. The van der Waals surface area contributed by atoms with Crippen molar-refractivity contribution in [3.8, 4) is 0 Å². The molecule has 2 aromatic carbocycles. The number of nitrogens with one attached hydrogen (secondary N) is 1. The molecular weight excluding hydrogens is 417 g/mol. The third-order valence-electron chi connectivity index (χ3n) is 4.24. The summed E-state index contributed by atoms with van der Waals surface area (Å²) in [5.74, 6) is -1.33. The second kappa shape index (κ2) is 9.34. The number of ketones is 1. The van der Waals surface area contributed by atoms with Gasteiger partial charge in [-0.3, -0.25) is 14.9 Å². The average Bonchev–Trinajstić information content (AvgIpc) is 3.19. The molecule has 0 aliphatic carbocycles. The van der Waals surface area contributed by atoms with Crippen LogP contribution in [0, 0.1) is 0 Å². The van der Waals surface area contributed by atoms with Crippen LogP contribution in [0.25, 0.3) is 0 Å². The molecule has 3 aromatic rings. The van der Waals surface area contributed by atoms with E-state index in [1.165, 1.54) is 17.4 Å². The van der Waals surface area contributed by atoms with Crippen molar-refractivity contribution in [3.63, 3.8) is 0 Å². The summed E-state index contributed by atoms with van der Waals surface area (Å²) in [4.78, 5) is 25.8. The SMILES string of the molecule is O=C(c1ccc(Cl)cc1Cl)C(N[C@@H](Cc1ccccc1)C(=O)O)c1cccs1. The molecule has 0 spiro atoms. The number of carboxylic acid groups (broad SMARTS) is 1. The Morgan fingerprint density at radius 2 is 1.79 bits per heavy atom. The lowest BCUT2D eigenvalue weighted by molar-refractivity contribution is -0.139. The second-order valence-electron chi connectivity index (χ2n) is 6.18. The van der Waals surface area contributed by atoms with E-state index in [0.717, 1.165) is 10.4 Å². The van der Waals surface area contributed by atoms with Gasteiger partial charge in [-0.2, -0.15) is 0 Å². The Bertz CT molecular complexity index is 961. The van der Waals surface area contributed by atoms with Gasteiger partial charge in [-0.05, 0) is 41.6 Å². The van der Waals surface area contributed by atoms with Gasteiger partial charge in [0.2, 0.25) is 0 Å². The largest absolute Gasteiger partial charge is 0.480 e. The fourth-order valence-electron chi connectivity index (χ4n) is 2.86. The zero-order valence-electron chi connectivity index (χ0n) is 14.6. The third-order valence-corrected chi connectivity index (χ3v) is 5.72. The minimum absolute atomic E-state index is 0.232. The summed E-state index contributed by atoms with van der Waals surface area (Å²) in [7, 11) is 0. The van der Waals surface area contributed by atoms with E-state index < -0.39 is 18.1 Å². The lowest BCUT2D eigenvalue weighted by Crippen LogP contribution is -2.43. The van der Waals surface area contributed by atoms with E-state index in [0.29, 0.717) is 10.6 Å². The lowest BCUT2D eigenvalue weighted by atomic mass is 9.99. The van der Waals surface area contributed by atoms with Crippen LogP contribution >= 0.6 is 34.5 Å². The highest BCUT2D eigenvalue weighted by Gasteiger charge is 2.30. The summed E-state index contributed by atoms with van der Waals surface area (Å²) in [5, 5.41) is 15.2. The second-order valence-corrected chi connectivity index (χ2v) is 8.01. The van der Waals surface area contributed by atoms with E-state index in [2.05, 4.69) is 5.32 Å². The van der Waals surface area contributed by atoms with Crippen molar-refractivity contribution in [2.75, 3.05) is 0 Å². The van der Waals surface area contributed by atoms with Crippen LogP contribution in [0.15, 0.2) is 66.0 Å². The van der Waals surface area contributed by atoms with E-state index in [4.69, 9.17) is 23.2 Å². The van der Waals surface area contributed by atoms with Gasteiger partial charge in [-0.25, -0.2) is 0 Å². The summed E-state index contributed by atoms with van der Waals surface area (Å²) in [5.41, 5.74) is 1.16. The number of carboxylic acids is 1. The molecule has 0 radical (unpaired) electrons. The number of carbonyl (C=O) groups is 2. The number of Topliss-reactive ketones (excluding diaryl/α,β-unsaturated/α-hetero) is 1. The Hall–Kier alpha value is -2.18. The fourth-order valence-corrected chi connectivity index (χ4v) is 4.14. The number of halogens is 2. The first-order chi connectivity index (χ1) is 13.5. The summed E-state index contributed by atoms with van der Waals surface area (Å²) in [6.45, 7) is 0. The van der Waals surface area contributed by atoms with Crippen LogP contribution < -0.4 is 5.32 Å². The minimum atomic E-state index is -1.03. The van der Waals surface area contributed by atoms with E-state index in [-0.39, 0.29) is 17.2 Å². The van der Waals surface area contributed by atoms with Gasteiger partial charge >= 0.3 is 5.97 Å². The highest BCUT2D eigenvalue weighted by atomic mass is 35.5. The molecule has 3 rings (SSSR count). The predicted molar refractivity (Wildman–Crippen MR) is 113 cm³/mol. The molecular formula is C21H17Cl2NO3S. The van der Waals surface area contributed by atoms with Gasteiger partial charge < -0.3 is 5.11 Å². The number of benzene rings is 2. The van der Waals surface area contributed by atoms with E-state index in [1.807, 2.05) is 41.8 Å². The van der Waals surface area contributed by atoms with Crippen LogP contribution in [0.5, 0.6) is 0 Å².